The summed E-state index contributed by atoms with van der Waals surface area (Å²) in [6, 6.07) is 20.2. The van der Waals surface area contributed by atoms with E-state index in [0.29, 0.717) is 0 Å². The highest BCUT2D eigenvalue weighted by atomic mass is 35.5. The molecule has 4 aromatic rings. The average Bonchev–Trinajstić information content (AvgIpc) is 3.05. The van der Waals surface area contributed by atoms with Gasteiger partial charge in [0, 0.05) is 42.0 Å². The zero-order chi connectivity index (χ0) is 20.2. The van der Waals surface area contributed by atoms with E-state index in [1.807, 2.05) is 54.8 Å². The fraction of sp³-hybridized carbons (Fsp3) is 0.217. The Bertz CT molecular complexity index is 1100. The summed E-state index contributed by atoms with van der Waals surface area (Å²) < 4.78 is 1.89. The SMILES string of the molecule is Cc1cc(NCCNCc2ccccc2)n2nc(C)c(-c3ccc(Cl)cc3)c2n1. The van der Waals surface area contributed by atoms with Crippen LogP contribution in [0.15, 0.2) is 60.7 Å². The van der Waals surface area contributed by atoms with Gasteiger partial charge in [-0.3, -0.25) is 0 Å². The normalized spacial score (nSPS) is 11.1. The third-order valence-corrected chi connectivity index (χ3v) is 5.06. The second-order valence-corrected chi connectivity index (χ2v) is 7.51. The number of anilines is 1. The van der Waals surface area contributed by atoms with E-state index in [9.17, 15) is 0 Å². The Morgan fingerprint density at radius 1 is 0.966 bits per heavy atom. The molecular formula is C23H24ClN5. The highest BCUT2D eigenvalue weighted by molar-refractivity contribution is 6.30. The van der Waals surface area contributed by atoms with Crippen LogP contribution in [0.4, 0.5) is 5.82 Å². The van der Waals surface area contributed by atoms with Crippen LogP contribution < -0.4 is 10.6 Å². The largest absolute Gasteiger partial charge is 0.369 e. The maximum absolute atomic E-state index is 6.05. The molecule has 0 amide bonds. The molecule has 148 valence electrons. The lowest BCUT2D eigenvalue weighted by molar-refractivity contribution is 0.704. The maximum Gasteiger partial charge on any atom is 0.165 e. The predicted octanol–water partition coefficient (Wildman–Crippen LogP) is 4.87. The van der Waals surface area contributed by atoms with Gasteiger partial charge in [-0.2, -0.15) is 9.61 Å². The van der Waals surface area contributed by atoms with Crippen LogP contribution in [0.2, 0.25) is 5.02 Å². The zero-order valence-electron chi connectivity index (χ0n) is 16.6. The van der Waals surface area contributed by atoms with Crippen molar-refractivity contribution in [1.82, 2.24) is 19.9 Å². The number of benzene rings is 2. The average molecular weight is 406 g/mol. The van der Waals surface area contributed by atoms with Gasteiger partial charge in [0.1, 0.15) is 5.82 Å². The molecule has 4 rings (SSSR count). The van der Waals surface area contributed by atoms with E-state index in [1.54, 1.807) is 0 Å². The van der Waals surface area contributed by atoms with E-state index in [2.05, 4.69) is 34.9 Å². The molecule has 0 bridgehead atoms. The third-order valence-electron chi connectivity index (χ3n) is 4.80. The first-order valence-electron chi connectivity index (χ1n) is 9.73. The van der Waals surface area contributed by atoms with Crippen LogP contribution in [0.25, 0.3) is 16.8 Å². The second kappa shape index (κ2) is 8.64. The molecule has 0 fully saturated rings. The summed E-state index contributed by atoms with van der Waals surface area (Å²) in [6.45, 7) is 6.52. The molecule has 0 radical (unpaired) electrons. The minimum Gasteiger partial charge on any atom is -0.369 e. The summed E-state index contributed by atoms with van der Waals surface area (Å²) >= 11 is 6.05. The molecule has 29 heavy (non-hydrogen) atoms. The summed E-state index contributed by atoms with van der Waals surface area (Å²) in [7, 11) is 0. The molecule has 0 saturated heterocycles. The molecule has 2 heterocycles. The van der Waals surface area contributed by atoms with E-state index in [-0.39, 0.29) is 0 Å². The highest BCUT2D eigenvalue weighted by Gasteiger charge is 2.15. The van der Waals surface area contributed by atoms with Crippen molar-refractivity contribution >= 4 is 23.1 Å². The van der Waals surface area contributed by atoms with Crippen molar-refractivity contribution in [3.63, 3.8) is 0 Å². The van der Waals surface area contributed by atoms with Gasteiger partial charge in [-0.1, -0.05) is 54.1 Å². The number of aryl methyl sites for hydroxylation is 2. The van der Waals surface area contributed by atoms with Gasteiger partial charge in [-0.25, -0.2) is 4.98 Å². The molecular weight excluding hydrogens is 382 g/mol. The van der Waals surface area contributed by atoms with Crippen LogP contribution in [0.5, 0.6) is 0 Å². The number of fused-ring (bicyclic) bond motifs is 1. The van der Waals surface area contributed by atoms with Crippen molar-refractivity contribution in [2.24, 2.45) is 0 Å². The van der Waals surface area contributed by atoms with Gasteiger partial charge in [0.25, 0.3) is 0 Å². The predicted molar refractivity (Wildman–Crippen MR) is 120 cm³/mol. The summed E-state index contributed by atoms with van der Waals surface area (Å²) in [4.78, 5) is 4.75. The lowest BCUT2D eigenvalue weighted by atomic mass is 10.1. The van der Waals surface area contributed by atoms with Crippen molar-refractivity contribution < 1.29 is 0 Å². The Balaban J connectivity index is 1.51. The second-order valence-electron chi connectivity index (χ2n) is 7.07. The van der Waals surface area contributed by atoms with Crippen LogP contribution in [0.1, 0.15) is 17.0 Å². The minimum atomic E-state index is 0.720. The van der Waals surface area contributed by atoms with E-state index < -0.39 is 0 Å². The van der Waals surface area contributed by atoms with Crippen molar-refractivity contribution in [2.45, 2.75) is 20.4 Å². The molecule has 5 nitrogen and oxygen atoms in total. The number of nitrogens with zero attached hydrogens (tertiary/aromatic N) is 3. The van der Waals surface area contributed by atoms with Gasteiger partial charge < -0.3 is 10.6 Å². The topological polar surface area (TPSA) is 54.2 Å². The lowest BCUT2D eigenvalue weighted by Crippen LogP contribution is -2.22. The number of hydrogen-bond acceptors (Lipinski definition) is 4. The van der Waals surface area contributed by atoms with Gasteiger partial charge in [-0.05, 0) is 37.1 Å². The molecule has 0 aliphatic rings. The minimum absolute atomic E-state index is 0.720. The molecule has 0 atom stereocenters. The molecule has 0 saturated carbocycles. The Hall–Kier alpha value is -2.89. The Morgan fingerprint density at radius 3 is 2.48 bits per heavy atom. The Morgan fingerprint density at radius 2 is 1.72 bits per heavy atom. The summed E-state index contributed by atoms with van der Waals surface area (Å²) in [5.74, 6) is 0.942. The fourth-order valence-electron chi connectivity index (χ4n) is 3.43. The zero-order valence-corrected chi connectivity index (χ0v) is 17.4. The quantitative estimate of drug-likeness (QED) is 0.431. The van der Waals surface area contributed by atoms with Crippen LogP contribution in [-0.4, -0.2) is 27.7 Å². The first-order chi connectivity index (χ1) is 14.1. The first kappa shape index (κ1) is 19.4. The number of halogens is 1. The molecule has 2 aromatic carbocycles. The first-order valence-corrected chi connectivity index (χ1v) is 10.1. The fourth-order valence-corrected chi connectivity index (χ4v) is 3.56. The summed E-state index contributed by atoms with van der Waals surface area (Å²) in [5.41, 5.74) is 6.13. The van der Waals surface area contributed by atoms with Crippen LogP contribution in [-0.2, 0) is 6.54 Å². The van der Waals surface area contributed by atoms with E-state index in [4.69, 9.17) is 21.7 Å². The van der Waals surface area contributed by atoms with Crippen LogP contribution in [0.3, 0.4) is 0 Å². The maximum atomic E-state index is 6.05. The summed E-state index contributed by atoms with van der Waals surface area (Å²) in [6.07, 6.45) is 0. The lowest BCUT2D eigenvalue weighted by Gasteiger charge is -2.10. The van der Waals surface area contributed by atoms with Crippen molar-refractivity contribution in [2.75, 3.05) is 18.4 Å². The van der Waals surface area contributed by atoms with Gasteiger partial charge in [0.15, 0.2) is 5.65 Å². The monoisotopic (exact) mass is 405 g/mol. The number of nitrogens with one attached hydrogen (secondary N) is 2. The van der Waals surface area contributed by atoms with Crippen LogP contribution >= 0.6 is 11.6 Å². The van der Waals surface area contributed by atoms with Gasteiger partial charge in [0.05, 0.1) is 5.69 Å². The van der Waals surface area contributed by atoms with Crippen molar-refractivity contribution in [1.29, 1.82) is 0 Å². The molecule has 2 aromatic heterocycles. The molecule has 6 heteroatoms. The van der Waals surface area contributed by atoms with E-state index in [1.165, 1.54) is 5.56 Å². The molecule has 0 spiro atoms. The number of aromatic nitrogens is 3. The summed E-state index contributed by atoms with van der Waals surface area (Å²) in [5, 5.41) is 12.4. The highest BCUT2D eigenvalue weighted by Crippen LogP contribution is 2.30. The van der Waals surface area contributed by atoms with Crippen LogP contribution in [0, 0.1) is 13.8 Å². The molecule has 0 aliphatic carbocycles. The van der Waals surface area contributed by atoms with E-state index in [0.717, 1.165) is 58.6 Å². The Labute approximate surface area is 175 Å². The number of hydrogen-bond donors (Lipinski definition) is 2. The van der Waals surface area contributed by atoms with Crippen molar-refractivity contribution in [3.8, 4) is 11.1 Å². The Kier molecular flexibility index (Phi) is 5.79. The smallest absolute Gasteiger partial charge is 0.165 e. The molecule has 2 N–H and O–H groups in total. The van der Waals surface area contributed by atoms with Gasteiger partial charge >= 0.3 is 0 Å². The van der Waals surface area contributed by atoms with E-state index >= 15 is 0 Å². The van der Waals surface area contributed by atoms with Gasteiger partial charge in [0.2, 0.25) is 0 Å². The van der Waals surface area contributed by atoms with Gasteiger partial charge in [-0.15, -0.1) is 0 Å². The number of rotatable bonds is 7. The molecule has 0 aliphatic heterocycles. The standard InChI is InChI=1S/C23H24ClN5/c1-16-14-21(26-13-12-25-15-18-6-4-3-5-7-18)29-23(27-16)22(17(2)28-29)19-8-10-20(24)11-9-19/h3-11,14,25-26H,12-13,15H2,1-2H3. The van der Waals surface area contributed by atoms with Crippen molar-refractivity contribution in [3.05, 3.63) is 82.6 Å². The molecule has 0 unspecified atom stereocenters. The third kappa shape index (κ3) is 4.42.